The number of nitrogens with one attached hydrogen (secondary N) is 2. The topological polar surface area (TPSA) is 76.4 Å². The number of aromatic nitrogens is 3. The Bertz CT molecular complexity index is 424. The van der Waals surface area contributed by atoms with E-state index < -0.39 is 0 Å². The summed E-state index contributed by atoms with van der Waals surface area (Å²) in [7, 11) is 0. The molecule has 1 aromatic heterocycles. The predicted molar refractivity (Wildman–Crippen MR) is 77.5 cm³/mol. The maximum absolute atomic E-state index is 5.60. The van der Waals surface area contributed by atoms with Crippen molar-refractivity contribution in [2.75, 3.05) is 19.7 Å². The van der Waals surface area contributed by atoms with E-state index >= 15 is 0 Å². The normalized spacial score (nSPS) is 19.3. The van der Waals surface area contributed by atoms with Gasteiger partial charge in [-0.25, -0.2) is 4.99 Å². The maximum atomic E-state index is 5.60. The van der Waals surface area contributed by atoms with Gasteiger partial charge in [-0.05, 0) is 26.7 Å². The number of guanidine groups is 1. The molecule has 1 aliphatic heterocycles. The highest BCUT2D eigenvalue weighted by molar-refractivity contribution is 5.79. The SMILES string of the molecule is CCNC(=NCc1nncn1CC)NCC1CCCO1. The third kappa shape index (κ3) is 4.19. The van der Waals surface area contributed by atoms with Crippen LogP contribution in [0, 0.1) is 0 Å². The van der Waals surface area contributed by atoms with Crippen molar-refractivity contribution in [1.82, 2.24) is 25.4 Å². The van der Waals surface area contributed by atoms with E-state index in [9.17, 15) is 0 Å². The Morgan fingerprint density at radius 2 is 2.40 bits per heavy atom. The van der Waals surface area contributed by atoms with Crippen LogP contribution in [0.2, 0.25) is 0 Å². The Morgan fingerprint density at radius 1 is 1.50 bits per heavy atom. The molecule has 7 nitrogen and oxygen atoms in total. The first kappa shape index (κ1) is 14.8. The molecule has 1 atom stereocenters. The first-order valence-electron chi connectivity index (χ1n) is 7.34. The van der Waals surface area contributed by atoms with Crippen LogP contribution in [0.1, 0.15) is 32.5 Å². The quantitative estimate of drug-likeness (QED) is 0.587. The van der Waals surface area contributed by atoms with Gasteiger partial charge in [-0.1, -0.05) is 0 Å². The Hall–Kier alpha value is -1.63. The molecule has 0 amide bonds. The number of nitrogens with zero attached hydrogens (tertiary/aromatic N) is 4. The fourth-order valence-corrected chi connectivity index (χ4v) is 2.17. The molecule has 1 fully saturated rings. The van der Waals surface area contributed by atoms with Gasteiger partial charge < -0.3 is 19.9 Å². The lowest BCUT2D eigenvalue weighted by Crippen LogP contribution is -2.41. The van der Waals surface area contributed by atoms with Crippen LogP contribution in [0.15, 0.2) is 11.3 Å². The van der Waals surface area contributed by atoms with E-state index in [-0.39, 0.29) is 0 Å². The van der Waals surface area contributed by atoms with Crippen molar-refractivity contribution in [2.24, 2.45) is 4.99 Å². The molecule has 0 saturated carbocycles. The first-order chi connectivity index (χ1) is 9.83. The molecule has 1 aromatic rings. The monoisotopic (exact) mass is 280 g/mol. The summed E-state index contributed by atoms with van der Waals surface area (Å²) in [4.78, 5) is 4.54. The fraction of sp³-hybridized carbons (Fsp3) is 0.769. The van der Waals surface area contributed by atoms with Gasteiger partial charge in [0, 0.05) is 26.2 Å². The summed E-state index contributed by atoms with van der Waals surface area (Å²) in [5, 5.41) is 14.5. The standard InChI is InChI=1S/C13H24N6O/c1-3-14-13(15-8-11-6-5-7-20-11)16-9-12-18-17-10-19(12)4-2/h10-11H,3-9H2,1-2H3,(H2,14,15,16). The van der Waals surface area contributed by atoms with Crippen LogP contribution < -0.4 is 10.6 Å². The van der Waals surface area contributed by atoms with Gasteiger partial charge in [0.25, 0.3) is 0 Å². The zero-order chi connectivity index (χ0) is 14.2. The maximum Gasteiger partial charge on any atom is 0.191 e. The highest BCUT2D eigenvalue weighted by Crippen LogP contribution is 2.10. The highest BCUT2D eigenvalue weighted by Gasteiger charge is 2.15. The molecule has 0 spiro atoms. The Morgan fingerprint density at radius 3 is 3.10 bits per heavy atom. The van der Waals surface area contributed by atoms with Crippen molar-refractivity contribution < 1.29 is 4.74 Å². The van der Waals surface area contributed by atoms with Gasteiger partial charge in [-0.3, -0.25) is 0 Å². The summed E-state index contributed by atoms with van der Waals surface area (Å²) in [5.41, 5.74) is 0. The Balaban J connectivity index is 1.87. The zero-order valence-corrected chi connectivity index (χ0v) is 12.3. The molecule has 2 rings (SSSR count). The molecule has 2 heterocycles. The van der Waals surface area contributed by atoms with Gasteiger partial charge in [0.15, 0.2) is 11.8 Å². The molecule has 0 aliphatic carbocycles. The van der Waals surface area contributed by atoms with E-state index in [2.05, 4.69) is 39.7 Å². The minimum absolute atomic E-state index is 0.304. The second kappa shape index (κ2) is 7.84. The summed E-state index contributed by atoms with van der Waals surface area (Å²) in [6.07, 6.45) is 4.31. The largest absolute Gasteiger partial charge is 0.376 e. The number of aliphatic imine (C=N–C) groups is 1. The number of aryl methyl sites for hydroxylation is 1. The van der Waals surface area contributed by atoms with E-state index in [1.807, 2.05) is 4.57 Å². The van der Waals surface area contributed by atoms with Crippen molar-refractivity contribution in [3.05, 3.63) is 12.2 Å². The van der Waals surface area contributed by atoms with Crippen molar-refractivity contribution in [3.63, 3.8) is 0 Å². The van der Waals surface area contributed by atoms with Crippen LogP contribution in [0.4, 0.5) is 0 Å². The molecule has 0 radical (unpaired) electrons. The summed E-state index contributed by atoms with van der Waals surface area (Å²) in [6, 6.07) is 0. The smallest absolute Gasteiger partial charge is 0.191 e. The fourth-order valence-electron chi connectivity index (χ4n) is 2.17. The summed E-state index contributed by atoms with van der Waals surface area (Å²) >= 11 is 0. The summed E-state index contributed by atoms with van der Waals surface area (Å²) in [5.74, 6) is 1.68. The second-order valence-electron chi connectivity index (χ2n) is 4.74. The van der Waals surface area contributed by atoms with E-state index in [0.717, 1.165) is 50.9 Å². The van der Waals surface area contributed by atoms with Crippen molar-refractivity contribution in [2.45, 2.75) is 45.9 Å². The first-order valence-corrected chi connectivity index (χ1v) is 7.34. The van der Waals surface area contributed by atoms with Gasteiger partial charge in [-0.2, -0.15) is 0 Å². The van der Waals surface area contributed by atoms with E-state index in [1.165, 1.54) is 0 Å². The van der Waals surface area contributed by atoms with Gasteiger partial charge in [0.1, 0.15) is 12.9 Å². The van der Waals surface area contributed by atoms with Crippen molar-refractivity contribution in [3.8, 4) is 0 Å². The van der Waals surface area contributed by atoms with E-state index in [1.54, 1.807) is 6.33 Å². The number of rotatable bonds is 6. The molecular weight excluding hydrogens is 256 g/mol. The third-order valence-electron chi connectivity index (χ3n) is 3.28. The molecular formula is C13H24N6O. The number of ether oxygens (including phenoxy) is 1. The van der Waals surface area contributed by atoms with Crippen LogP contribution in [0.5, 0.6) is 0 Å². The molecule has 7 heteroatoms. The van der Waals surface area contributed by atoms with Crippen molar-refractivity contribution >= 4 is 5.96 Å². The molecule has 2 N–H and O–H groups in total. The lowest BCUT2D eigenvalue weighted by atomic mass is 10.2. The van der Waals surface area contributed by atoms with Gasteiger partial charge in [0.2, 0.25) is 0 Å². The predicted octanol–water partition coefficient (Wildman–Crippen LogP) is 0.532. The molecule has 20 heavy (non-hydrogen) atoms. The minimum atomic E-state index is 0.304. The van der Waals surface area contributed by atoms with Gasteiger partial charge in [-0.15, -0.1) is 10.2 Å². The molecule has 0 bridgehead atoms. The van der Waals surface area contributed by atoms with Crippen molar-refractivity contribution in [1.29, 1.82) is 0 Å². The molecule has 0 aromatic carbocycles. The second-order valence-corrected chi connectivity index (χ2v) is 4.74. The summed E-state index contributed by atoms with van der Waals surface area (Å²) < 4.78 is 7.59. The van der Waals surface area contributed by atoms with E-state index in [4.69, 9.17) is 4.74 Å². The molecule has 1 unspecified atom stereocenters. The van der Waals surface area contributed by atoms with Crippen LogP contribution in [0.25, 0.3) is 0 Å². The highest BCUT2D eigenvalue weighted by atomic mass is 16.5. The average Bonchev–Trinajstić information content (AvgIpc) is 3.12. The van der Waals surface area contributed by atoms with Gasteiger partial charge >= 0.3 is 0 Å². The molecule has 1 saturated heterocycles. The zero-order valence-electron chi connectivity index (χ0n) is 12.3. The van der Waals surface area contributed by atoms with Crippen LogP contribution in [0.3, 0.4) is 0 Å². The Labute approximate surface area is 119 Å². The van der Waals surface area contributed by atoms with Crippen LogP contribution in [-0.4, -0.2) is 46.5 Å². The lowest BCUT2D eigenvalue weighted by molar-refractivity contribution is 0.114. The third-order valence-corrected chi connectivity index (χ3v) is 3.28. The number of hydrogen-bond acceptors (Lipinski definition) is 4. The van der Waals surface area contributed by atoms with Gasteiger partial charge in [0.05, 0.1) is 6.10 Å². The summed E-state index contributed by atoms with van der Waals surface area (Å²) in [6.45, 7) is 8.01. The minimum Gasteiger partial charge on any atom is -0.376 e. The Kier molecular flexibility index (Phi) is 5.79. The lowest BCUT2D eigenvalue weighted by Gasteiger charge is -2.14. The molecule has 1 aliphatic rings. The van der Waals surface area contributed by atoms with Crippen LogP contribution in [-0.2, 0) is 17.8 Å². The average molecular weight is 280 g/mol. The van der Waals surface area contributed by atoms with E-state index in [0.29, 0.717) is 12.6 Å². The van der Waals surface area contributed by atoms with Crippen LogP contribution >= 0.6 is 0 Å². The number of hydrogen-bond donors (Lipinski definition) is 2. The molecule has 112 valence electrons.